The number of phenols is 1. The molecule has 0 aliphatic heterocycles. The van der Waals surface area contributed by atoms with E-state index in [1.807, 2.05) is 6.07 Å². The van der Waals surface area contributed by atoms with Gasteiger partial charge in [0.25, 0.3) is 0 Å². The standard InChI is InChI=1S/C21H29Br7O/c22-11-9-7-5-3-1-2-4-6-8-10-15(23)20(28)17(25)12-14-16(24)13-18(26)21(29)19(14)27/h13,15,17,20,29H,1-12H2. The molecule has 0 amide bonds. The summed E-state index contributed by atoms with van der Waals surface area (Å²) in [5.41, 5.74) is 1.06. The molecule has 0 aliphatic carbocycles. The van der Waals surface area contributed by atoms with E-state index in [2.05, 4.69) is 112 Å². The summed E-state index contributed by atoms with van der Waals surface area (Å²) >= 11 is 25.6. The molecule has 3 atom stereocenters. The minimum absolute atomic E-state index is 0.243. The molecule has 0 heterocycles. The second-order valence-electron chi connectivity index (χ2n) is 7.32. The molecule has 0 fully saturated rings. The number of phenolic OH excluding ortho intramolecular Hbond substituents is 1. The highest BCUT2D eigenvalue weighted by Gasteiger charge is 2.26. The number of aromatic hydroxyl groups is 1. The zero-order valence-electron chi connectivity index (χ0n) is 16.4. The van der Waals surface area contributed by atoms with Crippen LogP contribution in [0.1, 0.15) is 69.8 Å². The zero-order chi connectivity index (χ0) is 21.8. The first-order chi connectivity index (χ1) is 13.8. The monoisotopic (exact) mass is 850 g/mol. The highest BCUT2D eigenvalue weighted by atomic mass is 79.9. The van der Waals surface area contributed by atoms with Crippen LogP contribution in [0.25, 0.3) is 0 Å². The van der Waals surface area contributed by atoms with Gasteiger partial charge in [0.15, 0.2) is 0 Å². The Bertz CT molecular complexity index is 597. The fourth-order valence-electron chi connectivity index (χ4n) is 3.17. The lowest BCUT2D eigenvalue weighted by Gasteiger charge is -2.23. The molecule has 0 saturated heterocycles. The lowest BCUT2D eigenvalue weighted by molar-refractivity contribution is 0.467. The van der Waals surface area contributed by atoms with Crippen LogP contribution < -0.4 is 0 Å². The first kappa shape index (κ1) is 29.4. The van der Waals surface area contributed by atoms with Crippen LogP contribution in [0.5, 0.6) is 5.75 Å². The highest BCUT2D eigenvalue weighted by molar-refractivity contribution is 9.13. The molecule has 1 nitrogen and oxygen atoms in total. The molecule has 0 spiro atoms. The van der Waals surface area contributed by atoms with Crippen molar-refractivity contribution in [2.24, 2.45) is 0 Å². The lowest BCUT2D eigenvalue weighted by Crippen LogP contribution is -2.26. The summed E-state index contributed by atoms with van der Waals surface area (Å²) < 4.78 is 2.40. The molecule has 0 radical (unpaired) electrons. The summed E-state index contributed by atoms with van der Waals surface area (Å²) in [6, 6.07) is 1.89. The smallest absolute Gasteiger partial charge is 0.144 e. The van der Waals surface area contributed by atoms with Crippen molar-refractivity contribution >= 4 is 112 Å². The van der Waals surface area contributed by atoms with Crippen LogP contribution in [0, 0.1) is 0 Å². The molecule has 0 aromatic heterocycles. The molecule has 1 aromatic carbocycles. The largest absolute Gasteiger partial charge is 0.506 e. The first-order valence-electron chi connectivity index (χ1n) is 10.1. The fourth-order valence-corrected chi connectivity index (χ4v) is 8.26. The van der Waals surface area contributed by atoms with Crippen LogP contribution in [-0.2, 0) is 6.42 Å². The van der Waals surface area contributed by atoms with E-state index < -0.39 is 0 Å². The summed E-state index contributed by atoms with van der Waals surface area (Å²) in [6.07, 6.45) is 14.1. The third-order valence-corrected chi connectivity index (χ3v) is 12.3. The van der Waals surface area contributed by atoms with Gasteiger partial charge in [-0.2, -0.15) is 0 Å². The molecular formula is C21H29Br7O. The normalized spacial score (nSPS) is 14.7. The van der Waals surface area contributed by atoms with E-state index in [1.54, 1.807) is 0 Å². The maximum atomic E-state index is 10.2. The number of alkyl halides is 4. The summed E-state index contributed by atoms with van der Waals surface area (Å²) in [5, 5.41) is 11.3. The van der Waals surface area contributed by atoms with Crippen molar-refractivity contribution in [1.82, 2.24) is 0 Å². The van der Waals surface area contributed by atoms with E-state index >= 15 is 0 Å². The molecule has 0 bridgehead atoms. The topological polar surface area (TPSA) is 20.2 Å². The molecule has 0 aliphatic rings. The fraction of sp³-hybridized carbons (Fsp3) is 0.714. The predicted octanol–water partition coefficient (Wildman–Crippen LogP) is 10.8. The third kappa shape index (κ3) is 11.4. The van der Waals surface area contributed by atoms with Gasteiger partial charge in [0.2, 0.25) is 0 Å². The van der Waals surface area contributed by atoms with Gasteiger partial charge < -0.3 is 5.11 Å². The SMILES string of the molecule is Oc1c(Br)cc(Br)c(CC(Br)C(Br)C(Br)CCCCCCCCCCCBr)c1Br. The molecule has 0 saturated carbocycles. The molecular weight excluding hydrogens is 828 g/mol. The number of hydrogen-bond acceptors (Lipinski definition) is 1. The number of unbranched alkanes of at least 4 members (excludes halogenated alkanes) is 8. The van der Waals surface area contributed by atoms with Gasteiger partial charge in [0, 0.05) is 24.3 Å². The van der Waals surface area contributed by atoms with Crippen LogP contribution >= 0.6 is 112 Å². The first-order valence-corrected chi connectivity index (χ1v) is 16.4. The van der Waals surface area contributed by atoms with Crippen molar-refractivity contribution in [2.75, 3.05) is 5.33 Å². The van der Waals surface area contributed by atoms with E-state index in [0.717, 1.165) is 32.7 Å². The van der Waals surface area contributed by atoms with Crippen LogP contribution in [0.3, 0.4) is 0 Å². The maximum Gasteiger partial charge on any atom is 0.144 e. The van der Waals surface area contributed by atoms with Crippen LogP contribution in [0.2, 0.25) is 0 Å². The van der Waals surface area contributed by atoms with Crippen molar-refractivity contribution in [3.05, 3.63) is 25.0 Å². The van der Waals surface area contributed by atoms with Crippen molar-refractivity contribution in [2.45, 2.75) is 85.1 Å². The van der Waals surface area contributed by atoms with E-state index in [0.29, 0.717) is 14.1 Å². The second kappa shape index (κ2) is 16.9. The molecule has 1 N–H and O–H groups in total. The Balaban J connectivity index is 2.30. The van der Waals surface area contributed by atoms with E-state index in [1.165, 1.54) is 57.8 Å². The highest BCUT2D eigenvalue weighted by Crippen LogP contribution is 2.41. The van der Waals surface area contributed by atoms with Crippen molar-refractivity contribution in [3.63, 3.8) is 0 Å². The maximum absolute atomic E-state index is 10.2. The number of rotatable bonds is 15. The van der Waals surface area contributed by atoms with Gasteiger partial charge in [-0.25, -0.2) is 0 Å². The molecule has 1 rings (SSSR count). The average molecular weight is 857 g/mol. The minimum atomic E-state index is 0.243. The lowest BCUT2D eigenvalue weighted by atomic mass is 10.0. The molecule has 3 unspecified atom stereocenters. The van der Waals surface area contributed by atoms with Crippen LogP contribution in [0.15, 0.2) is 19.5 Å². The summed E-state index contributed by atoms with van der Waals surface area (Å²) in [6.45, 7) is 0. The molecule has 168 valence electrons. The van der Waals surface area contributed by atoms with Gasteiger partial charge in [-0.3, -0.25) is 0 Å². The molecule has 29 heavy (non-hydrogen) atoms. The Labute approximate surface area is 235 Å². The Morgan fingerprint density at radius 2 is 1.24 bits per heavy atom. The number of halogens is 7. The molecule has 1 aromatic rings. The van der Waals surface area contributed by atoms with Crippen LogP contribution in [0.4, 0.5) is 0 Å². The Morgan fingerprint density at radius 3 is 1.79 bits per heavy atom. The van der Waals surface area contributed by atoms with Crippen molar-refractivity contribution in [3.8, 4) is 5.75 Å². The number of hydrogen-bond donors (Lipinski definition) is 1. The van der Waals surface area contributed by atoms with Gasteiger partial charge in [-0.1, -0.05) is 131 Å². The second-order valence-corrected chi connectivity index (χ2v) is 14.0. The zero-order valence-corrected chi connectivity index (χ0v) is 27.5. The average Bonchev–Trinajstić information content (AvgIpc) is 2.70. The quantitative estimate of drug-likeness (QED) is 0.138. The van der Waals surface area contributed by atoms with Crippen LogP contribution in [-0.4, -0.2) is 24.9 Å². The van der Waals surface area contributed by atoms with Gasteiger partial charge in [-0.05, 0) is 62.8 Å². The van der Waals surface area contributed by atoms with Crippen molar-refractivity contribution < 1.29 is 5.11 Å². The van der Waals surface area contributed by atoms with E-state index in [4.69, 9.17) is 0 Å². The Hall–Kier alpha value is 2.38. The predicted molar refractivity (Wildman–Crippen MR) is 153 cm³/mol. The number of benzene rings is 1. The third-order valence-electron chi connectivity index (χ3n) is 4.94. The summed E-state index contributed by atoms with van der Waals surface area (Å²) in [7, 11) is 0. The summed E-state index contributed by atoms with van der Waals surface area (Å²) in [4.78, 5) is 0.971. The van der Waals surface area contributed by atoms with Crippen molar-refractivity contribution in [1.29, 1.82) is 0 Å². The van der Waals surface area contributed by atoms with Gasteiger partial charge in [0.1, 0.15) is 5.75 Å². The van der Waals surface area contributed by atoms with Gasteiger partial charge in [0.05, 0.1) is 8.95 Å². The Kier molecular flexibility index (Phi) is 17.2. The van der Waals surface area contributed by atoms with Gasteiger partial charge >= 0.3 is 0 Å². The van der Waals surface area contributed by atoms with Gasteiger partial charge in [-0.15, -0.1) is 0 Å². The Morgan fingerprint density at radius 1 is 0.724 bits per heavy atom. The van der Waals surface area contributed by atoms with E-state index in [-0.39, 0.29) is 10.6 Å². The summed E-state index contributed by atoms with van der Waals surface area (Å²) in [5.74, 6) is 0.243. The van der Waals surface area contributed by atoms with E-state index in [9.17, 15) is 5.11 Å². The molecule has 8 heteroatoms. The minimum Gasteiger partial charge on any atom is -0.506 e.